The average molecular weight is 994 g/mol. The van der Waals surface area contributed by atoms with Crippen LogP contribution in [0.2, 0.25) is 0 Å². The standard InChI is InChI=1S/C44H49BrN8O10S2/c1-44(2,3)52(43(55)56)27-32(28-54)49-64(57,58)38-23-22-36(37-8-7-9-39(45)46-37)40(42-47-50-53(48-42)26-31-14-20-35(63-6)21-15-31)41(38)65(59,60)51(24-29-10-16-33(61-4)17-11-29)25-30-12-18-34(62-5)19-13-30/h7-23,32,49,54H,24-28H2,1-6H3,(H,55,56)/t32-/m1/s1. The van der Waals surface area contributed by atoms with Crippen LogP contribution in [0, 0.1) is 0 Å². The number of nitrogens with one attached hydrogen (secondary N) is 1. The second-order valence-electron chi connectivity index (χ2n) is 15.7. The molecule has 344 valence electrons. The summed E-state index contributed by atoms with van der Waals surface area (Å²) in [6.45, 7) is 3.12. The monoisotopic (exact) mass is 992 g/mol. The van der Waals surface area contributed by atoms with Crippen molar-refractivity contribution in [1.29, 1.82) is 0 Å². The first-order valence-corrected chi connectivity index (χ1v) is 23.7. The molecule has 21 heteroatoms. The van der Waals surface area contributed by atoms with Crippen LogP contribution < -0.4 is 18.9 Å². The smallest absolute Gasteiger partial charge is 0.407 e. The van der Waals surface area contributed by atoms with E-state index in [4.69, 9.17) is 14.2 Å². The van der Waals surface area contributed by atoms with Gasteiger partial charge in [-0.05, 0) is 113 Å². The number of aliphatic hydroxyl groups excluding tert-OH is 1. The quantitative estimate of drug-likeness (QED) is 0.0786. The van der Waals surface area contributed by atoms with E-state index in [1.54, 1.807) is 119 Å². The van der Waals surface area contributed by atoms with E-state index in [1.807, 2.05) is 0 Å². The number of halogens is 1. The molecule has 1 atom stereocenters. The van der Waals surface area contributed by atoms with Crippen LogP contribution in [0.1, 0.15) is 37.5 Å². The largest absolute Gasteiger partial charge is 0.497 e. The Morgan fingerprint density at radius 3 is 1.82 bits per heavy atom. The highest BCUT2D eigenvalue weighted by Crippen LogP contribution is 2.41. The van der Waals surface area contributed by atoms with Gasteiger partial charge in [0.05, 0.1) is 51.8 Å². The third kappa shape index (κ3) is 11.7. The molecule has 0 saturated heterocycles. The summed E-state index contributed by atoms with van der Waals surface area (Å²) in [6.07, 6.45) is -1.36. The number of sulfonamides is 2. The minimum atomic E-state index is -5.01. The van der Waals surface area contributed by atoms with Crippen LogP contribution in [0.3, 0.4) is 0 Å². The third-order valence-corrected chi connectivity index (χ3v) is 14.2. The summed E-state index contributed by atoms with van der Waals surface area (Å²) in [5, 5.41) is 33.8. The number of hydrogen-bond acceptors (Lipinski definition) is 13. The van der Waals surface area contributed by atoms with Crippen molar-refractivity contribution in [3.8, 4) is 39.9 Å². The molecule has 0 saturated carbocycles. The fourth-order valence-electron chi connectivity index (χ4n) is 6.83. The van der Waals surface area contributed by atoms with Gasteiger partial charge in [-0.25, -0.2) is 31.3 Å². The Labute approximate surface area is 386 Å². The molecule has 4 aromatic carbocycles. The predicted molar refractivity (Wildman–Crippen MR) is 244 cm³/mol. The summed E-state index contributed by atoms with van der Waals surface area (Å²) in [4.78, 5) is 17.7. The van der Waals surface area contributed by atoms with Crippen LogP contribution in [0.4, 0.5) is 4.79 Å². The fourth-order valence-corrected chi connectivity index (χ4v) is 10.8. The molecule has 0 aliphatic heterocycles. The van der Waals surface area contributed by atoms with Crippen LogP contribution in [0.25, 0.3) is 22.6 Å². The van der Waals surface area contributed by atoms with Crippen LogP contribution in [-0.2, 0) is 39.7 Å². The Morgan fingerprint density at radius 1 is 0.800 bits per heavy atom. The lowest BCUT2D eigenvalue weighted by Gasteiger charge is -2.35. The molecular weight excluding hydrogens is 945 g/mol. The number of carboxylic acid groups (broad SMARTS) is 1. The van der Waals surface area contributed by atoms with Crippen LogP contribution in [0.5, 0.6) is 17.2 Å². The summed E-state index contributed by atoms with van der Waals surface area (Å²) in [6, 6.07) is 26.7. The first kappa shape index (κ1) is 48.5. The van der Waals surface area contributed by atoms with E-state index in [-0.39, 0.29) is 42.3 Å². The molecule has 65 heavy (non-hydrogen) atoms. The number of benzene rings is 4. The molecule has 0 fully saturated rings. The number of methoxy groups -OCH3 is 3. The van der Waals surface area contributed by atoms with Crippen LogP contribution >= 0.6 is 15.9 Å². The zero-order chi connectivity index (χ0) is 47.1. The number of carbonyl (C=O) groups is 1. The van der Waals surface area contributed by atoms with Gasteiger partial charge in [-0.2, -0.15) is 9.10 Å². The Kier molecular flexibility index (Phi) is 15.3. The second-order valence-corrected chi connectivity index (χ2v) is 20.1. The molecular formula is C44H49BrN8O10S2. The summed E-state index contributed by atoms with van der Waals surface area (Å²) < 4.78 is 81.7. The molecule has 0 aliphatic carbocycles. The Morgan fingerprint density at radius 2 is 1.34 bits per heavy atom. The summed E-state index contributed by atoms with van der Waals surface area (Å²) in [5.74, 6) is 1.44. The van der Waals surface area contributed by atoms with E-state index < -0.39 is 60.7 Å². The molecule has 6 aromatic rings. The minimum Gasteiger partial charge on any atom is -0.497 e. The predicted octanol–water partition coefficient (Wildman–Crippen LogP) is 6.05. The first-order chi connectivity index (χ1) is 30.9. The number of aromatic nitrogens is 5. The van der Waals surface area contributed by atoms with Gasteiger partial charge in [0.25, 0.3) is 0 Å². The topological polar surface area (TPSA) is 228 Å². The lowest BCUT2D eigenvalue weighted by atomic mass is 10.0. The highest BCUT2D eigenvalue weighted by Gasteiger charge is 2.39. The van der Waals surface area contributed by atoms with Crippen LogP contribution in [-0.4, -0.2) is 114 Å². The van der Waals surface area contributed by atoms with Crippen molar-refractivity contribution >= 4 is 42.1 Å². The van der Waals surface area contributed by atoms with Crippen molar-refractivity contribution in [3.63, 3.8) is 0 Å². The first-order valence-electron chi connectivity index (χ1n) is 20.0. The average Bonchev–Trinajstić information content (AvgIpc) is 3.75. The normalized spacial score (nSPS) is 12.5. The van der Waals surface area contributed by atoms with E-state index in [0.717, 1.165) is 20.8 Å². The number of amides is 1. The Hall–Kier alpha value is -5.97. The Balaban J connectivity index is 1.63. The minimum absolute atomic E-state index is 0.0934. The van der Waals surface area contributed by atoms with Gasteiger partial charge in [0.1, 0.15) is 31.6 Å². The summed E-state index contributed by atoms with van der Waals surface area (Å²) in [7, 11) is -5.43. The molecule has 0 unspecified atom stereocenters. The molecule has 3 N–H and O–H groups in total. The maximum Gasteiger partial charge on any atom is 0.407 e. The Bertz CT molecular complexity index is 2770. The van der Waals surface area contributed by atoms with E-state index in [2.05, 4.69) is 41.0 Å². The zero-order valence-electron chi connectivity index (χ0n) is 36.4. The number of aliphatic hydroxyl groups is 1. The van der Waals surface area contributed by atoms with Gasteiger partial charge in [0.15, 0.2) is 0 Å². The molecule has 2 heterocycles. The lowest BCUT2D eigenvalue weighted by Crippen LogP contribution is -2.53. The fraction of sp³-hybridized carbons (Fsp3) is 0.295. The van der Waals surface area contributed by atoms with Gasteiger partial charge < -0.3 is 29.3 Å². The zero-order valence-corrected chi connectivity index (χ0v) is 39.6. The highest BCUT2D eigenvalue weighted by atomic mass is 79.9. The highest BCUT2D eigenvalue weighted by molar-refractivity contribution is 9.10. The number of pyridine rings is 1. The summed E-state index contributed by atoms with van der Waals surface area (Å²) in [5.41, 5.74) is 0.969. The lowest BCUT2D eigenvalue weighted by molar-refractivity contribution is 0.0878. The van der Waals surface area contributed by atoms with Gasteiger partial charge in [0, 0.05) is 30.7 Å². The number of hydrogen-bond donors (Lipinski definition) is 3. The van der Waals surface area contributed by atoms with Crippen molar-refractivity contribution < 1.29 is 46.1 Å². The van der Waals surface area contributed by atoms with Gasteiger partial charge in [-0.15, -0.1) is 10.2 Å². The molecule has 6 rings (SSSR count). The van der Waals surface area contributed by atoms with Crippen molar-refractivity contribution in [2.75, 3.05) is 34.5 Å². The van der Waals surface area contributed by atoms with E-state index >= 15 is 8.42 Å². The van der Waals surface area contributed by atoms with Crippen molar-refractivity contribution in [2.45, 2.75) is 61.8 Å². The van der Waals surface area contributed by atoms with Gasteiger partial charge in [0.2, 0.25) is 25.9 Å². The van der Waals surface area contributed by atoms with Crippen LogP contribution in [0.15, 0.2) is 118 Å². The second kappa shape index (κ2) is 20.5. The molecule has 1 amide bonds. The molecule has 2 aromatic heterocycles. The van der Waals surface area contributed by atoms with E-state index in [9.17, 15) is 23.4 Å². The third-order valence-electron chi connectivity index (χ3n) is 10.2. The number of nitrogens with zero attached hydrogens (tertiary/aromatic N) is 7. The van der Waals surface area contributed by atoms with E-state index in [1.165, 1.54) is 25.1 Å². The SMILES string of the molecule is COc1ccc(CN(Cc2ccc(OC)cc2)S(=O)(=O)c2c(S(=O)(=O)N[C@@H](CO)CN(C(=O)O)C(C)(C)C)ccc(-c3cccc(Br)n3)c2-c2nnn(Cc3ccc(OC)cc3)n2)cc1. The van der Waals surface area contributed by atoms with Gasteiger partial charge >= 0.3 is 6.09 Å². The number of rotatable bonds is 19. The number of ether oxygens (including phenoxy) is 3. The van der Waals surface area contributed by atoms with E-state index in [0.29, 0.717) is 33.0 Å². The van der Waals surface area contributed by atoms with Crippen molar-refractivity contribution in [3.05, 3.63) is 124 Å². The molecule has 0 bridgehead atoms. The van der Waals surface area contributed by atoms with Crippen molar-refractivity contribution in [1.82, 2.24) is 39.1 Å². The maximum atomic E-state index is 15.9. The number of tetrazole rings is 1. The van der Waals surface area contributed by atoms with Gasteiger partial charge in [-0.1, -0.05) is 48.5 Å². The molecule has 18 nitrogen and oxygen atoms in total. The molecule has 0 radical (unpaired) electrons. The maximum absolute atomic E-state index is 15.9. The molecule has 0 spiro atoms. The van der Waals surface area contributed by atoms with Crippen molar-refractivity contribution in [2.24, 2.45) is 0 Å². The molecule has 0 aliphatic rings. The van der Waals surface area contributed by atoms with Gasteiger partial charge in [-0.3, -0.25) is 0 Å². The summed E-state index contributed by atoms with van der Waals surface area (Å²) >= 11 is 3.40.